The maximum atomic E-state index is 11.2. The summed E-state index contributed by atoms with van der Waals surface area (Å²) in [5.41, 5.74) is 0.816. The van der Waals surface area contributed by atoms with Crippen molar-refractivity contribution >= 4 is 5.97 Å². The number of carboxylic acid groups (broad SMARTS) is 1. The van der Waals surface area contributed by atoms with Crippen molar-refractivity contribution in [1.29, 1.82) is 0 Å². The molecule has 0 bridgehead atoms. The molecule has 1 aromatic heterocycles. The van der Waals surface area contributed by atoms with Crippen LogP contribution in [0.3, 0.4) is 0 Å². The molecule has 0 fully saturated rings. The molecular formula is C9H14N2O3. The highest BCUT2D eigenvalue weighted by Crippen LogP contribution is 2.02. The number of aliphatic carboxylic acids is 1. The molecular weight excluding hydrogens is 184 g/mol. The van der Waals surface area contributed by atoms with Crippen LogP contribution >= 0.6 is 0 Å². The Bertz CT molecular complexity index is 389. The fraction of sp³-hybridized carbons (Fsp3) is 0.556. The minimum absolute atomic E-state index is 0.0576. The first-order valence-corrected chi connectivity index (χ1v) is 4.46. The van der Waals surface area contributed by atoms with Crippen LogP contribution in [0.2, 0.25) is 0 Å². The normalized spacial score (nSPS) is 10.4. The molecule has 0 aliphatic carbocycles. The van der Waals surface area contributed by atoms with Crippen LogP contribution in [0.25, 0.3) is 0 Å². The van der Waals surface area contributed by atoms with Gasteiger partial charge in [0, 0.05) is 32.3 Å². The molecule has 0 atom stereocenters. The molecule has 1 heterocycles. The van der Waals surface area contributed by atoms with Crippen LogP contribution in [-0.2, 0) is 25.3 Å². The first kappa shape index (κ1) is 10.6. The quantitative estimate of drug-likeness (QED) is 0.748. The van der Waals surface area contributed by atoms with E-state index in [2.05, 4.69) is 0 Å². The first-order valence-electron chi connectivity index (χ1n) is 4.46. The van der Waals surface area contributed by atoms with Gasteiger partial charge < -0.3 is 5.11 Å². The summed E-state index contributed by atoms with van der Waals surface area (Å²) in [6, 6.07) is 1.54. The molecule has 0 amide bonds. The smallest absolute Gasteiger partial charge is 0.303 e. The van der Waals surface area contributed by atoms with E-state index in [1.165, 1.54) is 4.68 Å². The van der Waals surface area contributed by atoms with Gasteiger partial charge in [-0.05, 0) is 12.8 Å². The van der Waals surface area contributed by atoms with E-state index in [4.69, 9.17) is 5.11 Å². The maximum absolute atomic E-state index is 11.2. The summed E-state index contributed by atoms with van der Waals surface area (Å²) in [6.07, 6.45) is 1.33. The SMILES string of the molecule is Cn1c(CCCC(=O)O)cc(=O)n1C. The number of nitrogens with zero attached hydrogens (tertiary/aromatic N) is 2. The van der Waals surface area contributed by atoms with E-state index in [0.29, 0.717) is 12.8 Å². The molecule has 0 aromatic carbocycles. The summed E-state index contributed by atoms with van der Waals surface area (Å²) in [5, 5.41) is 8.45. The van der Waals surface area contributed by atoms with E-state index >= 15 is 0 Å². The summed E-state index contributed by atoms with van der Waals surface area (Å²) < 4.78 is 3.24. The van der Waals surface area contributed by atoms with Gasteiger partial charge in [0.1, 0.15) is 0 Å². The standard InChI is InChI=1S/C9H14N2O3/c1-10-7(4-3-5-9(13)14)6-8(12)11(10)2/h6H,3-5H2,1-2H3,(H,13,14). The highest BCUT2D eigenvalue weighted by molar-refractivity contribution is 5.66. The molecule has 0 radical (unpaired) electrons. The number of aryl methyl sites for hydroxylation is 1. The van der Waals surface area contributed by atoms with Crippen molar-refractivity contribution in [3.63, 3.8) is 0 Å². The molecule has 5 nitrogen and oxygen atoms in total. The molecule has 78 valence electrons. The zero-order valence-electron chi connectivity index (χ0n) is 8.36. The molecule has 0 spiro atoms. The fourth-order valence-electron chi connectivity index (χ4n) is 1.32. The molecule has 0 saturated carbocycles. The van der Waals surface area contributed by atoms with Crippen molar-refractivity contribution in [2.45, 2.75) is 19.3 Å². The van der Waals surface area contributed by atoms with Crippen LogP contribution in [0.15, 0.2) is 10.9 Å². The third kappa shape index (κ3) is 2.25. The fourth-order valence-corrected chi connectivity index (χ4v) is 1.32. The van der Waals surface area contributed by atoms with Gasteiger partial charge in [-0.3, -0.25) is 19.0 Å². The molecule has 0 unspecified atom stereocenters. The molecule has 1 rings (SSSR count). The Balaban J connectivity index is 2.64. The second kappa shape index (κ2) is 4.13. The molecule has 14 heavy (non-hydrogen) atoms. The predicted octanol–water partition coefficient (Wildman–Crippen LogP) is 0.131. The van der Waals surface area contributed by atoms with E-state index in [-0.39, 0.29) is 12.0 Å². The number of carbonyl (C=O) groups is 1. The van der Waals surface area contributed by atoms with Gasteiger partial charge in [0.15, 0.2) is 0 Å². The Labute approximate surface area is 81.6 Å². The van der Waals surface area contributed by atoms with Crippen molar-refractivity contribution in [2.75, 3.05) is 0 Å². The van der Waals surface area contributed by atoms with Gasteiger partial charge in [-0.2, -0.15) is 0 Å². The lowest BCUT2D eigenvalue weighted by Gasteiger charge is -2.04. The van der Waals surface area contributed by atoms with E-state index in [1.54, 1.807) is 24.8 Å². The molecule has 5 heteroatoms. The summed E-state index contributed by atoms with van der Waals surface area (Å²) in [6.45, 7) is 0. The van der Waals surface area contributed by atoms with Crippen LogP contribution < -0.4 is 5.56 Å². The lowest BCUT2D eigenvalue weighted by molar-refractivity contribution is -0.137. The topological polar surface area (TPSA) is 64.2 Å². The molecule has 1 N–H and O–H groups in total. The molecule has 0 saturated heterocycles. The monoisotopic (exact) mass is 198 g/mol. The van der Waals surface area contributed by atoms with Gasteiger partial charge in [0.25, 0.3) is 5.56 Å². The average Bonchev–Trinajstić information content (AvgIpc) is 2.33. The second-order valence-electron chi connectivity index (χ2n) is 3.27. The number of hydrogen-bond acceptors (Lipinski definition) is 2. The Hall–Kier alpha value is -1.52. The van der Waals surface area contributed by atoms with Gasteiger partial charge in [-0.1, -0.05) is 0 Å². The predicted molar refractivity (Wildman–Crippen MR) is 51.2 cm³/mol. The number of hydrogen-bond donors (Lipinski definition) is 1. The van der Waals surface area contributed by atoms with Gasteiger partial charge in [0.2, 0.25) is 0 Å². The molecule has 1 aromatic rings. The van der Waals surface area contributed by atoms with E-state index in [1.807, 2.05) is 0 Å². The van der Waals surface area contributed by atoms with E-state index < -0.39 is 5.97 Å². The van der Waals surface area contributed by atoms with Crippen LogP contribution in [0.5, 0.6) is 0 Å². The van der Waals surface area contributed by atoms with E-state index in [9.17, 15) is 9.59 Å². The second-order valence-corrected chi connectivity index (χ2v) is 3.27. The van der Waals surface area contributed by atoms with Crippen LogP contribution in [-0.4, -0.2) is 20.4 Å². The van der Waals surface area contributed by atoms with E-state index in [0.717, 1.165) is 5.69 Å². The Morgan fingerprint density at radius 2 is 2.07 bits per heavy atom. The van der Waals surface area contributed by atoms with Crippen LogP contribution in [0.4, 0.5) is 0 Å². The average molecular weight is 198 g/mol. The summed E-state index contributed by atoms with van der Waals surface area (Å²) in [4.78, 5) is 21.5. The minimum Gasteiger partial charge on any atom is -0.481 e. The lowest BCUT2D eigenvalue weighted by Crippen LogP contribution is -2.16. The zero-order valence-corrected chi connectivity index (χ0v) is 8.36. The Kier molecular flexibility index (Phi) is 3.11. The lowest BCUT2D eigenvalue weighted by atomic mass is 10.2. The third-order valence-electron chi connectivity index (χ3n) is 2.30. The van der Waals surface area contributed by atoms with Gasteiger partial charge in [-0.25, -0.2) is 0 Å². The van der Waals surface area contributed by atoms with Gasteiger partial charge >= 0.3 is 5.97 Å². The Morgan fingerprint density at radius 1 is 1.43 bits per heavy atom. The molecule has 0 aliphatic heterocycles. The highest BCUT2D eigenvalue weighted by Gasteiger charge is 2.05. The summed E-state index contributed by atoms with van der Waals surface area (Å²) in [5.74, 6) is -0.800. The summed E-state index contributed by atoms with van der Waals surface area (Å²) >= 11 is 0. The first-order chi connectivity index (χ1) is 6.52. The van der Waals surface area contributed by atoms with Crippen molar-refractivity contribution in [3.8, 4) is 0 Å². The largest absolute Gasteiger partial charge is 0.481 e. The van der Waals surface area contributed by atoms with Crippen molar-refractivity contribution in [2.24, 2.45) is 14.1 Å². The van der Waals surface area contributed by atoms with Gasteiger partial charge in [0.05, 0.1) is 0 Å². The molecule has 0 aliphatic rings. The minimum atomic E-state index is -0.800. The third-order valence-corrected chi connectivity index (χ3v) is 2.30. The van der Waals surface area contributed by atoms with Crippen molar-refractivity contribution in [3.05, 3.63) is 22.1 Å². The Morgan fingerprint density at radius 3 is 2.50 bits per heavy atom. The van der Waals surface area contributed by atoms with Crippen molar-refractivity contribution < 1.29 is 9.90 Å². The van der Waals surface area contributed by atoms with Crippen molar-refractivity contribution in [1.82, 2.24) is 9.36 Å². The van der Waals surface area contributed by atoms with Crippen LogP contribution in [0.1, 0.15) is 18.5 Å². The van der Waals surface area contributed by atoms with Crippen LogP contribution in [0, 0.1) is 0 Å². The number of carboxylic acids is 1. The van der Waals surface area contributed by atoms with Gasteiger partial charge in [-0.15, -0.1) is 0 Å². The number of rotatable bonds is 4. The number of aromatic nitrogens is 2. The maximum Gasteiger partial charge on any atom is 0.303 e. The summed E-state index contributed by atoms with van der Waals surface area (Å²) in [7, 11) is 3.47. The zero-order chi connectivity index (χ0) is 10.7. The highest BCUT2D eigenvalue weighted by atomic mass is 16.4.